The van der Waals surface area contributed by atoms with E-state index in [2.05, 4.69) is 10.3 Å². The van der Waals surface area contributed by atoms with Crippen LogP contribution in [-0.4, -0.2) is 29.3 Å². The Balaban J connectivity index is 1.55. The molecule has 0 aliphatic rings. The highest BCUT2D eigenvalue weighted by molar-refractivity contribution is 7.99. The Morgan fingerprint density at radius 2 is 1.77 bits per heavy atom. The van der Waals surface area contributed by atoms with E-state index in [1.54, 1.807) is 23.9 Å². The standard InChI is InChI=1S/C23H23FN2O2S3/c1-15-12-20(29-2)22(23(25-15)30-3)26-21(27)13-16-4-8-18(9-5-16)28-14-31-19-10-6-17(24)7-11-19/h4-12H,13-14H2,1-3H3,(H,26,27). The maximum atomic E-state index is 12.9. The number of aromatic nitrogens is 1. The third-order valence-corrected chi connectivity index (χ3v) is 6.59. The number of nitrogens with zero attached hydrogens (tertiary/aromatic N) is 1. The largest absolute Gasteiger partial charge is 0.483 e. The lowest BCUT2D eigenvalue weighted by molar-refractivity contribution is -0.115. The predicted molar refractivity (Wildman–Crippen MR) is 129 cm³/mol. The van der Waals surface area contributed by atoms with Crippen LogP contribution < -0.4 is 10.1 Å². The van der Waals surface area contributed by atoms with Crippen molar-refractivity contribution in [3.8, 4) is 5.75 Å². The first-order valence-electron chi connectivity index (χ1n) is 9.48. The fourth-order valence-electron chi connectivity index (χ4n) is 2.81. The predicted octanol–water partition coefficient (Wildman–Crippen LogP) is 6.28. The number of hydrogen-bond acceptors (Lipinski definition) is 6. The number of benzene rings is 2. The maximum Gasteiger partial charge on any atom is 0.228 e. The molecule has 1 amide bonds. The van der Waals surface area contributed by atoms with Gasteiger partial charge in [-0.15, -0.1) is 23.5 Å². The number of aryl methyl sites for hydroxylation is 1. The third kappa shape index (κ3) is 6.92. The Hall–Kier alpha value is -2.16. The number of rotatable bonds is 9. The number of pyridine rings is 1. The number of carbonyl (C=O) groups is 1. The summed E-state index contributed by atoms with van der Waals surface area (Å²) in [5, 5.41) is 3.84. The summed E-state index contributed by atoms with van der Waals surface area (Å²) in [7, 11) is 0. The van der Waals surface area contributed by atoms with E-state index in [4.69, 9.17) is 4.74 Å². The van der Waals surface area contributed by atoms with Crippen LogP contribution >= 0.6 is 35.3 Å². The van der Waals surface area contributed by atoms with E-state index in [0.29, 0.717) is 5.94 Å². The zero-order valence-electron chi connectivity index (χ0n) is 17.5. The second-order valence-corrected chi connectivity index (χ2v) is 9.22. The molecule has 1 heterocycles. The Morgan fingerprint density at radius 3 is 2.42 bits per heavy atom. The number of hydrogen-bond donors (Lipinski definition) is 1. The van der Waals surface area contributed by atoms with Crippen LogP contribution in [-0.2, 0) is 11.2 Å². The fourth-order valence-corrected chi connectivity index (χ4v) is 4.77. The number of thioether (sulfide) groups is 3. The van der Waals surface area contributed by atoms with Gasteiger partial charge >= 0.3 is 0 Å². The lowest BCUT2D eigenvalue weighted by Crippen LogP contribution is -2.16. The Labute approximate surface area is 194 Å². The van der Waals surface area contributed by atoms with Gasteiger partial charge in [-0.25, -0.2) is 9.37 Å². The minimum absolute atomic E-state index is 0.0863. The summed E-state index contributed by atoms with van der Waals surface area (Å²) < 4.78 is 18.7. The molecule has 0 unspecified atom stereocenters. The monoisotopic (exact) mass is 474 g/mol. The third-order valence-electron chi connectivity index (χ3n) is 4.31. The summed E-state index contributed by atoms with van der Waals surface area (Å²) in [6.07, 6.45) is 4.20. The van der Waals surface area contributed by atoms with Gasteiger partial charge in [0.05, 0.1) is 12.1 Å². The number of ether oxygens (including phenoxy) is 1. The quantitative estimate of drug-likeness (QED) is 0.291. The van der Waals surface area contributed by atoms with E-state index in [9.17, 15) is 9.18 Å². The van der Waals surface area contributed by atoms with Gasteiger partial charge in [0.15, 0.2) is 0 Å². The average Bonchev–Trinajstić information content (AvgIpc) is 2.77. The van der Waals surface area contributed by atoms with Crippen molar-refractivity contribution in [1.82, 2.24) is 4.98 Å². The molecule has 31 heavy (non-hydrogen) atoms. The van der Waals surface area contributed by atoms with Gasteiger partial charge in [0.25, 0.3) is 0 Å². The second kappa shape index (κ2) is 11.5. The van der Waals surface area contributed by atoms with E-state index in [-0.39, 0.29) is 18.1 Å². The van der Waals surface area contributed by atoms with Crippen LogP contribution in [0.4, 0.5) is 10.1 Å². The molecule has 0 spiro atoms. The lowest BCUT2D eigenvalue weighted by Gasteiger charge is -2.14. The Morgan fingerprint density at radius 1 is 1.06 bits per heavy atom. The van der Waals surface area contributed by atoms with Gasteiger partial charge in [-0.3, -0.25) is 4.79 Å². The molecule has 1 N–H and O–H groups in total. The summed E-state index contributed by atoms with van der Waals surface area (Å²) in [4.78, 5) is 19.1. The van der Waals surface area contributed by atoms with Crippen LogP contribution in [0.2, 0.25) is 0 Å². The first-order chi connectivity index (χ1) is 15.0. The van der Waals surface area contributed by atoms with E-state index in [0.717, 1.165) is 37.5 Å². The highest BCUT2D eigenvalue weighted by atomic mass is 32.2. The smallest absolute Gasteiger partial charge is 0.228 e. The van der Waals surface area contributed by atoms with Gasteiger partial charge in [0.1, 0.15) is 22.5 Å². The van der Waals surface area contributed by atoms with Crippen LogP contribution in [0.15, 0.2) is 69.4 Å². The number of carbonyl (C=O) groups excluding carboxylic acids is 1. The molecule has 0 aliphatic heterocycles. The van der Waals surface area contributed by atoms with Crippen LogP contribution in [0.5, 0.6) is 5.75 Å². The molecule has 0 saturated heterocycles. The normalized spacial score (nSPS) is 10.7. The molecule has 0 bridgehead atoms. The number of anilines is 1. The molecule has 3 aromatic rings. The first-order valence-corrected chi connectivity index (χ1v) is 12.9. The van der Waals surface area contributed by atoms with Gasteiger partial charge in [-0.2, -0.15) is 0 Å². The van der Waals surface area contributed by atoms with Crippen LogP contribution in [0.25, 0.3) is 0 Å². The topological polar surface area (TPSA) is 51.2 Å². The number of amides is 1. The summed E-state index contributed by atoms with van der Waals surface area (Å²) in [6.45, 7) is 1.95. The van der Waals surface area contributed by atoms with Crippen molar-refractivity contribution in [3.05, 3.63) is 71.7 Å². The summed E-state index contributed by atoms with van der Waals surface area (Å²) in [5.41, 5.74) is 2.60. The van der Waals surface area contributed by atoms with Gasteiger partial charge in [-0.05, 0) is 67.5 Å². The minimum atomic E-state index is -0.252. The van der Waals surface area contributed by atoms with Crippen molar-refractivity contribution < 1.29 is 13.9 Å². The molecule has 3 rings (SSSR count). The van der Waals surface area contributed by atoms with Crippen molar-refractivity contribution in [2.75, 3.05) is 23.8 Å². The van der Waals surface area contributed by atoms with E-state index < -0.39 is 0 Å². The summed E-state index contributed by atoms with van der Waals surface area (Å²) >= 11 is 4.60. The zero-order valence-corrected chi connectivity index (χ0v) is 19.9. The van der Waals surface area contributed by atoms with Crippen molar-refractivity contribution in [1.29, 1.82) is 0 Å². The first kappa shape index (κ1) is 23.5. The van der Waals surface area contributed by atoms with Crippen LogP contribution in [0.1, 0.15) is 11.3 Å². The molecule has 0 aliphatic carbocycles. The Kier molecular flexibility index (Phi) is 8.69. The van der Waals surface area contributed by atoms with Crippen LogP contribution in [0.3, 0.4) is 0 Å². The average molecular weight is 475 g/mol. The van der Waals surface area contributed by atoms with E-state index in [1.807, 2.05) is 49.8 Å². The van der Waals surface area contributed by atoms with Crippen molar-refractivity contribution in [3.63, 3.8) is 0 Å². The highest BCUT2D eigenvalue weighted by Gasteiger charge is 2.14. The molecule has 4 nitrogen and oxygen atoms in total. The Bertz CT molecular complexity index is 1000. The van der Waals surface area contributed by atoms with Gasteiger partial charge < -0.3 is 10.1 Å². The van der Waals surface area contributed by atoms with E-state index >= 15 is 0 Å². The molecule has 0 atom stereocenters. The molecule has 1 aromatic heterocycles. The molecule has 0 saturated carbocycles. The number of nitrogens with one attached hydrogen (secondary N) is 1. The highest BCUT2D eigenvalue weighted by Crippen LogP contribution is 2.33. The van der Waals surface area contributed by atoms with Gasteiger partial charge in [0.2, 0.25) is 5.91 Å². The van der Waals surface area contributed by atoms with Gasteiger partial charge in [-0.1, -0.05) is 23.9 Å². The molecular weight excluding hydrogens is 451 g/mol. The SMILES string of the molecule is CSc1cc(C)nc(SC)c1NC(=O)Cc1ccc(OCSc2ccc(F)cc2)cc1. The fraction of sp³-hybridized carbons (Fsp3) is 0.217. The summed E-state index contributed by atoms with van der Waals surface area (Å²) in [6, 6.07) is 15.8. The lowest BCUT2D eigenvalue weighted by atomic mass is 10.1. The van der Waals surface area contributed by atoms with Crippen molar-refractivity contribution >= 4 is 46.9 Å². The van der Waals surface area contributed by atoms with Gasteiger partial charge in [0, 0.05) is 15.5 Å². The van der Waals surface area contributed by atoms with Crippen molar-refractivity contribution in [2.45, 2.75) is 28.2 Å². The molecule has 2 aromatic carbocycles. The summed E-state index contributed by atoms with van der Waals surface area (Å²) in [5.74, 6) is 0.798. The molecule has 162 valence electrons. The molecule has 0 radical (unpaired) electrons. The second-order valence-electron chi connectivity index (χ2n) is 6.58. The maximum absolute atomic E-state index is 12.9. The van der Waals surface area contributed by atoms with E-state index in [1.165, 1.54) is 35.7 Å². The molecule has 0 fully saturated rings. The molecule has 8 heteroatoms. The number of halogens is 1. The molecular formula is C23H23FN2O2S3. The minimum Gasteiger partial charge on any atom is -0.483 e. The zero-order chi connectivity index (χ0) is 22.2. The van der Waals surface area contributed by atoms with Crippen molar-refractivity contribution in [2.24, 2.45) is 0 Å². The van der Waals surface area contributed by atoms with Crippen LogP contribution in [0, 0.1) is 12.7 Å².